The quantitative estimate of drug-likeness (QED) is 0.301. The van der Waals surface area contributed by atoms with E-state index in [1.807, 2.05) is 0 Å². The van der Waals surface area contributed by atoms with Crippen LogP contribution in [0.1, 0.15) is 77.6 Å². The van der Waals surface area contributed by atoms with Gasteiger partial charge in [-0.1, -0.05) is 18.9 Å². The third-order valence-corrected chi connectivity index (χ3v) is 6.15. The molecule has 1 saturated carbocycles. The average molecular weight is 493 g/mol. The van der Waals surface area contributed by atoms with Gasteiger partial charge in [0.1, 0.15) is 11.5 Å². The second-order valence-corrected chi connectivity index (χ2v) is 9.73. The van der Waals surface area contributed by atoms with E-state index in [0.29, 0.717) is 31.1 Å². The molecule has 0 bridgehead atoms. The van der Waals surface area contributed by atoms with Crippen molar-refractivity contribution in [1.82, 2.24) is 4.98 Å². The Morgan fingerprint density at radius 2 is 1.79 bits per heavy atom. The first-order valence-electron chi connectivity index (χ1n) is 11.0. The van der Waals surface area contributed by atoms with Crippen molar-refractivity contribution in [2.24, 2.45) is 10.4 Å². The van der Waals surface area contributed by atoms with Crippen molar-refractivity contribution in [3.63, 3.8) is 0 Å². The van der Waals surface area contributed by atoms with E-state index in [9.17, 15) is 36.2 Å². The molecule has 0 amide bonds. The molecule has 190 valence electrons. The molecule has 0 aliphatic heterocycles. The van der Waals surface area contributed by atoms with Crippen LogP contribution in [0.4, 0.5) is 32.0 Å². The van der Waals surface area contributed by atoms with E-state index in [-0.39, 0.29) is 23.2 Å². The first-order chi connectivity index (χ1) is 15.4. The van der Waals surface area contributed by atoms with Gasteiger partial charge in [-0.3, -0.25) is 9.79 Å². The molecular weight excluding hydrogens is 462 g/mol. The van der Waals surface area contributed by atoms with Crippen LogP contribution >= 0.6 is 0 Å². The lowest BCUT2D eigenvalue weighted by Crippen LogP contribution is -2.43. The molecule has 0 unspecified atom stereocenters. The summed E-state index contributed by atoms with van der Waals surface area (Å²) >= 11 is 0. The molecule has 1 heterocycles. The molecule has 1 aliphatic carbocycles. The van der Waals surface area contributed by atoms with Crippen LogP contribution in [-0.2, 0) is 17.4 Å². The molecule has 4 nitrogen and oxygen atoms in total. The van der Waals surface area contributed by atoms with Crippen molar-refractivity contribution in [2.75, 3.05) is 0 Å². The minimum Gasteiger partial charge on any atom is -0.380 e. The summed E-state index contributed by atoms with van der Waals surface area (Å²) in [5.41, 5.74) is -2.74. The first kappa shape index (κ1) is 28.0. The summed E-state index contributed by atoms with van der Waals surface area (Å²) in [4.78, 5) is 20.2. The number of nitrogens with zero attached hydrogens (tertiary/aromatic N) is 2. The maximum atomic E-state index is 13.2. The van der Waals surface area contributed by atoms with Crippen molar-refractivity contribution >= 4 is 17.2 Å². The number of alkyl halides is 6. The smallest absolute Gasteiger partial charge is 0.380 e. The second-order valence-electron chi connectivity index (χ2n) is 9.73. The van der Waals surface area contributed by atoms with Crippen LogP contribution in [0.5, 0.6) is 0 Å². The normalized spacial score (nSPS) is 18.9. The number of carbonyl (C=O) groups is 1. The first-order valence-corrected chi connectivity index (χ1v) is 11.0. The number of halogens is 6. The summed E-state index contributed by atoms with van der Waals surface area (Å²) in [5, 5.41) is 9.47. The molecule has 1 aromatic rings. The molecule has 34 heavy (non-hydrogen) atoms. The highest BCUT2D eigenvalue weighted by atomic mass is 19.4. The van der Waals surface area contributed by atoms with E-state index in [4.69, 9.17) is 0 Å². The Hall–Kier alpha value is -2.23. The Balaban J connectivity index is 2.20. The summed E-state index contributed by atoms with van der Waals surface area (Å²) in [7, 11) is 0. The number of carbonyl (C=O) groups excluding carboxylic acids is 1. The van der Waals surface area contributed by atoms with E-state index < -0.39 is 35.9 Å². The van der Waals surface area contributed by atoms with E-state index in [0.717, 1.165) is 25.3 Å². The molecule has 2 rings (SSSR count). The van der Waals surface area contributed by atoms with Crippen LogP contribution in [0.3, 0.4) is 0 Å². The van der Waals surface area contributed by atoms with Gasteiger partial charge in [0.2, 0.25) is 0 Å². The van der Waals surface area contributed by atoms with Gasteiger partial charge in [0.15, 0.2) is 5.60 Å². The van der Waals surface area contributed by atoms with Crippen LogP contribution < -0.4 is 0 Å². The Bertz CT molecular complexity index is 957. The summed E-state index contributed by atoms with van der Waals surface area (Å²) < 4.78 is 77.8. The molecule has 1 aromatic heterocycles. The highest BCUT2D eigenvalue weighted by molar-refractivity contribution is 5.96. The maximum Gasteiger partial charge on any atom is 0.433 e. The monoisotopic (exact) mass is 492 g/mol. The van der Waals surface area contributed by atoms with Gasteiger partial charge in [0, 0.05) is 18.6 Å². The number of ketones is 1. The Labute approximate surface area is 195 Å². The number of rotatable bonds is 9. The molecule has 0 aromatic carbocycles. The lowest BCUT2D eigenvalue weighted by atomic mass is 9.67. The van der Waals surface area contributed by atoms with Crippen molar-refractivity contribution in [1.29, 1.82) is 0 Å². The fourth-order valence-electron chi connectivity index (χ4n) is 3.88. The van der Waals surface area contributed by atoms with Crippen LogP contribution in [0.15, 0.2) is 28.8 Å². The topological polar surface area (TPSA) is 62.5 Å². The maximum absolute atomic E-state index is 13.2. The number of aromatic nitrogens is 1. The molecule has 1 aliphatic rings. The third kappa shape index (κ3) is 7.65. The van der Waals surface area contributed by atoms with Crippen molar-refractivity contribution in [2.45, 2.75) is 90.6 Å². The average Bonchev–Trinajstić information content (AvgIpc) is 2.62. The zero-order valence-corrected chi connectivity index (χ0v) is 19.7. The highest BCUT2D eigenvalue weighted by Gasteiger charge is 2.50. The van der Waals surface area contributed by atoms with Crippen molar-refractivity contribution < 1.29 is 36.2 Å². The third-order valence-electron chi connectivity index (χ3n) is 6.15. The molecule has 1 fully saturated rings. The number of allylic oxidation sites excluding steroid dienone is 2. The SMILES string of the molecule is C/C(=C/C(C)=N/c1ccc(C(F)(F)F)nc1CCC1(C)CCC1)CC(=O)C[C@@](C)(O)C(F)(F)F. The number of aliphatic hydroxyl groups is 1. The van der Waals surface area contributed by atoms with E-state index >= 15 is 0 Å². The molecule has 1 atom stereocenters. The summed E-state index contributed by atoms with van der Waals surface area (Å²) in [6.07, 6.45) is -5.29. The number of Topliss-reactive ketones (excluding diaryl/α,β-unsaturated/α-hetero) is 1. The zero-order chi connectivity index (χ0) is 25.9. The molecular formula is C24H30F6N2O2. The lowest BCUT2D eigenvalue weighted by molar-refractivity contribution is -0.253. The van der Waals surface area contributed by atoms with E-state index in [1.165, 1.54) is 19.1 Å². The Morgan fingerprint density at radius 3 is 2.29 bits per heavy atom. The van der Waals surface area contributed by atoms with Crippen LogP contribution in [0, 0.1) is 5.41 Å². The highest BCUT2D eigenvalue weighted by Crippen LogP contribution is 2.44. The van der Waals surface area contributed by atoms with Gasteiger partial charge in [0.25, 0.3) is 0 Å². The van der Waals surface area contributed by atoms with Gasteiger partial charge in [-0.15, -0.1) is 0 Å². The van der Waals surface area contributed by atoms with Gasteiger partial charge < -0.3 is 5.11 Å². The van der Waals surface area contributed by atoms with Gasteiger partial charge in [-0.05, 0) is 70.1 Å². The predicted octanol–water partition coefficient (Wildman–Crippen LogP) is 6.92. The largest absolute Gasteiger partial charge is 0.433 e. The Kier molecular flexibility index (Phi) is 8.38. The molecule has 0 spiro atoms. The number of hydrogen-bond acceptors (Lipinski definition) is 4. The van der Waals surface area contributed by atoms with E-state index in [1.54, 1.807) is 6.92 Å². The lowest BCUT2D eigenvalue weighted by Gasteiger charge is -2.38. The van der Waals surface area contributed by atoms with Crippen LogP contribution in [0.2, 0.25) is 0 Å². The van der Waals surface area contributed by atoms with Crippen LogP contribution in [-0.4, -0.2) is 33.4 Å². The molecule has 0 saturated heterocycles. The fourth-order valence-corrected chi connectivity index (χ4v) is 3.88. The Morgan fingerprint density at radius 1 is 1.18 bits per heavy atom. The number of pyridine rings is 1. The number of aliphatic imine (C=N–C) groups is 1. The molecule has 10 heteroatoms. The standard InChI is InChI=1S/C24H30F6N2O2/c1-15(13-17(33)14-22(4,34)24(28,29)30)12-16(2)31-18-6-7-20(23(25,26)27)32-19(18)8-11-21(3)9-5-10-21/h6-7,12,34H,5,8-11,13-14H2,1-4H3/b15-12-,31-16+/t22-/m1/s1. The van der Waals surface area contributed by atoms with Gasteiger partial charge in [-0.25, -0.2) is 4.98 Å². The summed E-state index contributed by atoms with van der Waals surface area (Å²) in [6, 6.07) is 2.12. The zero-order valence-electron chi connectivity index (χ0n) is 19.7. The van der Waals surface area contributed by atoms with Crippen molar-refractivity contribution in [3.05, 3.63) is 35.2 Å². The van der Waals surface area contributed by atoms with E-state index in [2.05, 4.69) is 16.9 Å². The van der Waals surface area contributed by atoms with Crippen LogP contribution in [0.25, 0.3) is 0 Å². The van der Waals surface area contributed by atoms with Crippen molar-refractivity contribution in [3.8, 4) is 0 Å². The second kappa shape index (κ2) is 10.2. The molecule has 1 N–H and O–H groups in total. The minimum absolute atomic E-state index is 0.0837. The minimum atomic E-state index is -4.93. The number of aryl methyl sites for hydroxylation is 1. The number of hydrogen-bond donors (Lipinski definition) is 1. The van der Waals surface area contributed by atoms with Gasteiger partial charge in [0.05, 0.1) is 11.4 Å². The van der Waals surface area contributed by atoms with Gasteiger partial charge in [-0.2, -0.15) is 26.3 Å². The summed E-state index contributed by atoms with van der Waals surface area (Å²) in [5.74, 6) is -0.797. The summed E-state index contributed by atoms with van der Waals surface area (Å²) in [6.45, 7) is 5.74. The van der Waals surface area contributed by atoms with Gasteiger partial charge >= 0.3 is 12.4 Å². The molecule has 0 radical (unpaired) electrons. The fraction of sp³-hybridized carbons (Fsp3) is 0.625. The predicted molar refractivity (Wildman–Crippen MR) is 117 cm³/mol.